The van der Waals surface area contributed by atoms with E-state index in [1.54, 1.807) is 18.3 Å². The summed E-state index contributed by atoms with van der Waals surface area (Å²) in [5.41, 5.74) is -0.284. The third kappa shape index (κ3) is 1.01. The van der Waals surface area contributed by atoms with Crippen molar-refractivity contribution < 1.29 is 0 Å². The third-order valence-electron chi connectivity index (χ3n) is 1.45. The van der Waals surface area contributed by atoms with Crippen LogP contribution in [0.3, 0.4) is 0 Å². The predicted octanol–water partition coefficient (Wildman–Crippen LogP) is -0.0444. The minimum absolute atomic E-state index is 0.284. The van der Waals surface area contributed by atoms with Crippen LogP contribution in [0.4, 0.5) is 0 Å². The van der Waals surface area contributed by atoms with Crippen molar-refractivity contribution in [1.82, 2.24) is 19.7 Å². The molecule has 0 amide bonds. The summed E-state index contributed by atoms with van der Waals surface area (Å²) < 4.78 is 1.33. The highest BCUT2D eigenvalue weighted by atomic mass is 16.1. The molecule has 0 atom stereocenters. The van der Waals surface area contributed by atoms with Gasteiger partial charge in [-0.05, 0) is 12.1 Å². The van der Waals surface area contributed by atoms with E-state index in [2.05, 4.69) is 15.2 Å². The first-order valence-electron chi connectivity index (χ1n) is 3.41. The van der Waals surface area contributed by atoms with Crippen molar-refractivity contribution in [1.29, 1.82) is 0 Å². The molecule has 0 aliphatic rings. The molecule has 0 saturated carbocycles. The average Bonchev–Trinajstić information content (AvgIpc) is 2.53. The molecule has 0 spiro atoms. The van der Waals surface area contributed by atoms with Crippen molar-refractivity contribution in [2.75, 3.05) is 0 Å². The van der Waals surface area contributed by atoms with Crippen LogP contribution in [0.1, 0.15) is 0 Å². The fraction of sp³-hybridized carbons (Fsp3) is 0. The zero-order valence-electron chi connectivity index (χ0n) is 6.14. The Labute approximate surface area is 67.7 Å². The van der Waals surface area contributed by atoms with E-state index in [0.29, 0.717) is 5.82 Å². The molecule has 60 valence electrons. The Bertz CT molecular complexity index is 416. The predicted molar refractivity (Wildman–Crippen MR) is 42.0 cm³/mol. The van der Waals surface area contributed by atoms with Gasteiger partial charge >= 0.3 is 5.69 Å². The second-order valence-electron chi connectivity index (χ2n) is 2.22. The highest BCUT2D eigenvalue weighted by Crippen LogP contribution is 1.95. The van der Waals surface area contributed by atoms with E-state index < -0.39 is 0 Å². The molecular formula is C7H6N4O. The second kappa shape index (κ2) is 2.61. The summed E-state index contributed by atoms with van der Waals surface area (Å²) in [7, 11) is 0. The molecule has 2 heterocycles. The van der Waals surface area contributed by atoms with Crippen LogP contribution >= 0.6 is 0 Å². The Kier molecular flexibility index (Phi) is 1.48. The Morgan fingerprint density at radius 2 is 2.33 bits per heavy atom. The lowest BCUT2D eigenvalue weighted by molar-refractivity contribution is 0.940. The van der Waals surface area contributed by atoms with E-state index >= 15 is 0 Å². The van der Waals surface area contributed by atoms with Crippen molar-refractivity contribution in [3.63, 3.8) is 0 Å². The third-order valence-corrected chi connectivity index (χ3v) is 1.45. The Morgan fingerprint density at radius 3 is 2.92 bits per heavy atom. The van der Waals surface area contributed by atoms with Gasteiger partial charge in [-0.3, -0.25) is 0 Å². The maximum absolute atomic E-state index is 11.0. The minimum Gasteiger partial charge on any atom is -0.246 e. The number of pyridine rings is 1. The topological polar surface area (TPSA) is 63.6 Å². The highest BCUT2D eigenvalue weighted by molar-refractivity contribution is 5.19. The smallest absolute Gasteiger partial charge is 0.246 e. The van der Waals surface area contributed by atoms with E-state index in [1.807, 2.05) is 6.07 Å². The van der Waals surface area contributed by atoms with E-state index in [1.165, 1.54) is 10.9 Å². The van der Waals surface area contributed by atoms with E-state index in [9.17, 15) is 4.79 Å². The molecule has 1 N–H and O–H groups in total. The lowest BCUT2D eigenvalue weighted by Crippen LogP contribution is -2.14. The normalized spacial score (nSPS) is 10.0. The summed E-state index contributed by atoms with van der Waals surface area (Å²) in [6.45, 7) is 0. The SMILES string of the molecule is O=c1[nH]ncn1-c1ccccn1. The molecule has 0 saturated heterocycles. The van der Waals surface area contributed by atoms with Gasteiger partial charge in [0.15, 0.2) is 0 Å². The summed E-state index contributed by atoms with van der Waals surface area (Å²) in [6.07, 6.45) is 3.01. The number of rotatable bonds is 1. The largest absolute Gasteiger partial charge is 0.348 e. The molecule has 5 nitrogen and oxygen atoms in total. The first kappa shape index (κ1) is 6.78. The minimum atomic E-state index is -0.284. The number of H-pyrrole nitrogens is 1. The summed E-state index contributed by atoms with van der Waals surface area (Å²) in [6, 6.07) is 5.33. The number of nitrogens with one attached hydrogen (secondary N) is 1. The molecule has 0 aliphatic carbocycles. The van der Waals surface area contributed by atoms with Gasteiger partial charge < -0.3 is 0 Å². The van der Waals surface area contributed by atoms with Gasteiger partial charge in [-0.25, -0.2) is 19.4 Å². The molecule has 0 bridgehead atoms. The van der Waals surface area contributed by atoms with E-state index in [0.717, 1.165) is 0 Å². The standard InChI is InChI=1S/C7H6N4O/c12-7-10-9-5-11(7)6-3-1-2-4-8-6/h1-5H,(H,10,12). The van der Waals surface area contributed by atoms with Crippen LogP contribution in [0.15, 0.2) is 35.5 Å². The van der Waals surface area contributed by atoms with Gasteiger partial charge in [0.25, 0.3) is 0 Å². The van der Waals surface area contributed by atoms with Gasteiger partial charge in [0.2, 0.25) is 0 Å². The zero-order chi connectivity index (χ0) is 8.39. The van der Waals surface area contributed by atoms with Gasteiger partial charge in [-0.2, -0.15) is 5.10 Å². The van der Waals surface area contributed by atoms with Crippen LogP contribution in [-0.2, 0) is 0 Å². The summed E-state index contributed by atoms with van der Waals surface area (Å²) in [5.74, 6) is 0.566. The van der Waals surface area contributed by atoms with Gasteiger partial charge in [0.05, 0.1) is 0 Å². The molecule has 0 aliphatic heterocycles. The number of hydrogen-bond donors (Lipinski definition) is 1. The molecule has 2 aromatic rings. The molecular weight excluding hydrogens is 156 g/mol. The van der Waals surface area contributed by atoms with Crippen LogP contribution in [0.2, 0.25) is 0 Å². The number of hydrogen-bond acceptors (Lipinski definition) is 3. The second-order valence-corrected chi connectivity index (χ2v) is 2.22. The van der Waals surface area contributed by atoms with Crippen LogP contribution in [-0.4, -0.2) is 19.7 Å². The molecule has 12 heavy (non-hydrogen) atoms. The van der Waals surface area contributed by atoms with E-state index in [-0.39, 0.29) is 5.69 Å². The average molecular weight is 162 g/mol. The van der Waals surface area contributed by atoms with Gasteiger partial charge in [-0.1, -0.05) is 6.07 Å². The van der Waals surface area contributed by atoms with Crippen molar-refractivity contribution in [3.8, 4) is 5.82 Å². The fourth-order valence-electron chi connectivity index (χ4n) is 0.908. The lowest BCUT2D eigenvalue weighted by Gasteiger charge is -1.95. The Morgan fingerprint density at radius 1 is 1.42 bits per heavy atom. The van der Waals surface area contributed by atoms with Crippen LogP contribution in [0, 0.1) is 0 Å². The summed E-state index contributed by atoms with van der Waals surface area (Å²) in [4.78, 5) is 15.0. The first-order valence-corrected chi connectivity index (χ1v) is 3.41. The monoisotopic (exact) mass is 162 g/mol. The Hall–Kier alpha value is -1.91. The first-order chi connectivity index (χ1) is 5.88. The molecule has 0 radical (unpaired) electrons. The molecule has 0 fully saturated rings. The maximum Gasteiger partial charge on any atom is 0.348 e. The van der Waals surface area contributed by atoms with Crippen molar-refractivity contribution in [3.05, 3.63) is 41.2 Å². The summed E-state index contributed by atoms with van der Waals surface area (Å²) >= 11 is 0. The van der Waals surface area contributed by atoms with Crippen LogP contribution < -0.4 is 5.69 Å². The van der Waals surface area contributed by atoms with Crippen molar-refractivity contribution in [2.45, 2.75) is 0 Å². The number of aromatic nitrogens is 4. The molecule has 2 aromatic heterocycles. The lowest BCUT2D eigenvalue weighted by atomic mass is 10.5. The summed E-state index contributed by atoms with van der Waals surface area (Å²) in [5, 5.41) is 5.87. The fourth-order valence-corrected chi connectivity index (χ4v) is 0.908. The zero-order valence-corrected chi connectivity index (χ0v) is 6.14. The highest BCUT2D eigenvalue weighted by Gasteiger charge is 1.98. The number of aromatic amines is 1. The van der Waals surface area contributed by atoms with Gasteiger partial charge in [-0.15, -0.1) is 0 Å². The molecule has 0 unspecified atom stereocenters. The van der Waals surface area contributed by atoms with Crippen molar-refractivity contribution in [2.24, 2.45) is 0 Å². The Balaban J connectivity index is 2.59. The number of nitrogens with zero attached hydrogens (tertiary/aromatic N) is 3. The van der Waals surface area contributed by atoms with Crippen LogP contribution in [0.25, 0.3) is 5.82 Å². The van der Waals surface area contributed by atoms with Gasteiger partial charge in [0.1, 0.15) is 12.1 Å². The molecule has 0 aromatic carbocycles. The van der Waals surface area contributed by atoms with Crippen LogP contribution in [0.5, 0.6) is 0 Å². The molecule has 5 heteroatoms. The molecule has 2 rings (SSSR count). The maximum atomic E-state index is 11.0. The van der Waals surface area contributed by atoms with Gasteiger partial charge in [0, 0.05) is 6.20 Å². The quantitative estimate of drug-likeness (QED) is 0.639. The van der Waals surface area contributed by atoms with Crippen molar-refractivity contribution >= 4 is 0 Å². The van der Waals surface area contributed by atoms with E-state index in [4.69, 9.17) is 0 Å².